The fourth-order valence-electron chi connectivity index (χ4n) is 2.26. The summed E-state index contributed by atoms with van der Waals surface area (Å²) in [5, 5.41) is 3.44. The summed E-state index contributed by atoms with van der Waals surface area (Å²) in [5.74, 6) is -0.149. The van der Waals surface area contributed by atoms with Gasteiger partial charge >= 0.3 is 0 Å². The first-order valence-corrected chi connectivity index (χ1v) is 8.10. The lowest BCUT2D eigenvalue weighted by molar-refractivity contribution is 0.102. The van der Waals surface area contributed by atoms with E-state index in [1.807, 2.05) is 0 Å². The van der Waals surface area contributed by atoms with Crippen LogP contribution in [0.1, 0.15) is 26.5 Å². The molecule has 126 valence electrons. The first-order valence-electron chi connectivity index (χ1n) is 7.34. The average Bonchev–Trinajstić information content (AvgIpc) is 3.03. The van der Waals surface area contributed by atoms with E-state index in [1.54, 1.807) is 60.4 Å². The summed E-state index contributed by atoms with van der Waals surface area (Å²) in [4.78, 5) is 28.6. The second-order valence-corrected chi connectivity index (χ2v) is 6.17. The number of aromatic nitrogens is 2. The molecule has 0 fully saturated rings. The predicted molar refractivity (Wildman–Crippen MR) is 97.5 cm³/mol. The first-order chi connectivity index (χ1) is 12.0. The zero-order valence-corrected chi connectivity index (χ0v) is 14.7. The van der Waals surface area contributed by atoms with Crippen molar-refractivity contribution in [3.63, 3.8) is 0 Å². The van der Waals surface area contributed by atoms with Crippen molar-refractivity contribution < 1.29 is 9.59 Å². The molecular weight excluding hydrogens is 361 g/mol. The van der Waals surface area contributed by atoms with E-state index in [9.17, 15) is 9.59 Å². The van der Waals surface area contributed by atoms with Gasteiger partial charge in [0.25, 0.3) is 5.91 Å². The van der Waals surface area contributed by atoms with Crippen LogP contribution in [0, 0.1) is 0 Å². The molecule has 5 nitrogen and oxygen atoms in total. The van der Waals surface area contributed by atoms with Gasteiger partial charge in [-0.2, -0.15) is 0 Å². The molecule has 0 unspecified atom stereocenters. The molecule has 0 radical (unpaired) electrons. The number of anilines is 1. The van der Waals surface area contributed by atoms with Gasteiger partial charge in [0, 0.05) is 36.3 Å². The molecule has 0 saturated heterocycles. The molecule has 1 N–H and O–H groups in total. The van der Waals surface area contributed by atoms with Gasteiger partial charge in [-0.05, 0) is 42.5 Å². The van der Waals surface area contributed by atoms with Gasteiger partial charge in [0.2, 0.25) is 5.78 Å². The molecule has 0 spiro atoms. The Morgan fingerprint density at radius 1 is 1.00 bits per heavy atom. The molecule has 0 saturated carbocycles. The monoisotopic (exact) mass is 373 g/mol. The van der Waals surface area contributed by atoms with Gasteiger partial charge < -0.3 is 9.88 Å². The summed E-state index contributed by atoms with van der Waals surface area (Å²) in [5.41, 5.74) is 1.44. The summed E-state index contributed by atoms with van der Waals surface area (Å²) in [6, 6.07) is 11.2. The Hall–Kier alpha value is -2.63. The fourth-order valence-corrected chi connectivity index (χ4v) is 2.56. The van der Waals surface area contributed by atoms with Crippen LogP contribution in [-0.4, -0.2) is 21.2 Å². The number of halogens is 2. The third kappa shape index (κ3) is 3.73. The standard InChI is InChI=1S/C18H13Cl2N3O2/c1-23-9-8-21-17(23)16(24)11-2-5-13(6-3-11)22-18(25)12-4-7-14(19)15(20)10-12/h2-10H,1H3,(H,22,25). The first kappa shape index (κ1) is 17.2. The maximum absolute atomic E-state index is 12.4. The Morgan fingerprint density at radius 2 is 1.68 bits per heavy atom. The van der Waals surface area contributed by atoms with Crippen LogP contribution in [0.3, 0.4) is 0 Å². The van der Waals surface area contributed by atoms with Crippen molar-refractivity contribution in [1.82, 2.24) is 9.55 Å². The van der Waals surface area contributed by atoms with Crippen molar-refractivity contribution in [3.8, 4) is 0 Å². The van der Waals surface area contributed by atoms with Crippen LogP contribution >= 0.6 is 23.2 Å². The van der Waals surface area contributed by atoms with Gasteiger partial charge in [0.05, 0.1) is 10.0 Å². The van der Waals surface area contributed by atoms with Crippen LogP contribution in [-0.2, 0) is 7.05 Å². The van der Waals surface area contributed by atoms with E-state index in [0.29, 0.717) is 32.7 Å². The number of aryl methyl sites for hydroxylation is 1. The predicted octanol–water partition coefficient (Wildman–Crippen LogP) is 4.21. The van der Waals surface area contributed by atoms with Gasteiger partial charge in [-0.15, -0.1) is 0 Å². The highest BCUT2D eigenvalue weighted by molar-refractivity contribution is 6.42. The summed E-state index contributed by atoms with van der Waals surface area (Å²) in [6.45, 7) is 0. The summed E-state index contributed by atoms with van der Waals surface area (Å²) in [7, 11) is 1.76. The molecule has 1 amide bonds. The average molecular weight is 374 g/mol. The van der Waals surface area contributed by atoms with Gasteiger partial charge in [-0.3, -0.25) is 9.59 Å². The number of benzene rings is 2. The molecule has 3 rings (SSSR count). The van der Waals surface area contributed by atoms with E-state index in [0.717, 1.165) is 0 Å². The lowest BCUT2D eigenvalue weighted by Gasteiger charge is -2.07. The molecule has 0 atom stereocenters. The maximum Gasteiger partial charge on any atom is 0.255 e. The van der Waals surface area contributed by atoms with E-state index in [2.05, 4.69) is 10.3 Å². The third-order valence-electron chi connectivity index (χ3n) is 3.61. The van der Waals surface area contributed by atoms with Crippen molar-refractivity contribution >= 4 is 40.6 Å². The summed E-state index contributed by atoms with van der Waals surface area (Å²) < 4.78 is 1.66. The minimum absolute atomic E-state index is 0.185. The van der Waals surface area contributed by atoms with Crippen molar-refractivity contribution in [2.24, 2.45) is 7.05 Å². The molecule has 0 aliphatic carbocycles. The zero-order valence-electron chi connectivity index (χ0n) is 13.2. The van der Waals surface area contributed by atoms with Gasteiger partial charge in [-0.1, -0.05) is 23.2 Å². The number of rotatable bonds is 4. The number of imidazole rings is 1. The number of nitrogens with one attached hydrogen (secondary N) is 1. The third-order valence-corrected chi connectivity index (χ3v) is 4.35. The molecule has 2 aromatic carbocycles. The molecule has 0 aliphatic heterocycles. The van der Waals surface area contributed by atoms with Crippen molar-refractivity contribution in [2.45, 2.75) is 0 Å². The second-order valence-electron chi connectivity index (χ2n) is 5.35. The molecule has 25 heavy (non-hydrogen) atoms. The van der Waals surface area contributed by atoms with Crippen molar-refractivity contribution in [1.29, 1.82) is 0 Å². The van der Waals surface area contributed by atoms with E-state index in [1.165, 1.54) is 6.07 Å². The van der Waals surface area contributed by atoms with E-state index < -0.39 is 0 Å². The fraction of sp³-hybridized carbons (Fsp3) is 0.0556. The Morgan fingerprint density at radius 3 is 2.28 bits per heavy atom. The lowest BCUT2D eigenvalue weighted by Crippen LogP contribution is -2.12. The van der Waals surface area contributed by atoms with Crippen LogP contribution < -0.4 is 5.32 Å². The van der Waals surface area contributed by atoms with Crippen LogP contribution in [0.4, 0.5) is 5.69 Å². The molecule has 7 heteroatoms. The van der Waals surface area contributed by atoms with Crippen LogP contribution in [0.5, 0.6) is 0 Å². The Kier molecular flexibility index (Phi) is 4.88. The SMILES string of the molecule is Cn1ccnc1C(=O)c1ccc(NC(=O)c2ccc(Cl)c(Cl)c2)cc1. The van der Waals surface area contributed by atoms with Crippen LogP contribution in [0.25, 0.3) is 0 Å². The number of hydrogen-bond acceptors (Lipinski definition) is 3. The molecule has 1 heterocycles. The van der Waals surface area contributed by atoms with Crippen molar-refractivity contribution in [2.75, 3.05) is 5.32 Å². The summed E-state index contributed by atoms with van der Waals surface area (Å²) in [6.07, 6.45) is 3.28. The van der Waals surface area contributed by atoms with E-state index >= 15 is 0 Å². The van der Waals surface area contributed by atoms with E-state index in [-0.39, 0.29) is 11.7 Å². The molecule has 3 aromatic rings. The normalized spacial score (nSPS) is 10.5. The highest BCUT2D eigenvalue weighted by atomic mass is 35.5. The number of ketones is 1. The number of hydrogen-bond donors (Lipinski definition) is 1. The van der Waals surface area contributed by atoms with Crippen LogP contribution in [0.2, 0.25) is 10.0 Å². The second kappa shape index (κ2) is 7.09. The minimum atomic E-state index is -0.318. The minimum Gasteiger partial charge on any atom is -0.331 e. The maximum atomic E-state index is 12.4. The Bertz CT molecular complexity index is 949. The zero-order chi connectivity index (χ0) is 18.0. The highest BCUT2D eigenvalue weighted by Crippen LogP contribution is 2.23. The molecule has 0 bridgehead atoms. The van der Waals surface area contributed by atoms with Gasteiger partial charge in [-0.25, -0.2) is 4.98 Å². The molecule has 0 aliphatic rings. The largest absolute Gasteiger partial charge is 0.331 e. The van der Waals surface area contributed by atoms with E-state index in [4.69, 9.17) is 23.2 Å². The topological polar surface area (TPSA) is 64.0 Å². The number of nitrogens with zero attached hydrogens (tertiary/aromatic N) is 2. The Balaban J connectivity index is 1.74. The lowest BCUT2D eigenvalue weighted by atomic mass is 10.1. The highest BCUT2D eigenvalue weighted by Gasteiger charge is 2.14. The molecule has 1 aromatic heterocycles. The molecular formula is C18H13Cl2N3O2. The van der Waals surface area contributed by atoms with Crippen molar-refractivity contribution in [3.05, 3.63) is 81.9 Å². The van der Waals surface area contributed by atoms with Gasteiger partial charge in [0.15, 0.2) is 5.82 Å². The smallest absolute Gasteiger partial charge is 0.255 e. The van der Waals surface area contributed by atoms with Gasteiger partial charge in [0.1, 0.15) is 0 Å². The number of carbonyl (C=O) groups excluding carboxylic acids is 2. The number of carbonyl (C=O) groups is 2. The Labute approximate surface area is 154 Å². The van der Waals surface area contributed by atoms with Crippen LogP contribution in [0.15, 0.2) is 54.9 Å². The number of amides is 1. The quantitative estimate of drug-likeness (QED) is 0.696. The summed E-state index contributed by atoms with van der Waals surface area (Å²) >= 11 is 11.8.